The summed E-state index contributed by atoms with van der Waals surface area (Å²) in [5.74, 6) is -0.0193. The highest BCUT2D eigenvalue weighted by molar-refractivity contribution is 5.92. The van der Waals surface area contributed by atoms with Gasteiger partial charge in [0.1, 0.15) is 0 Å². The number of benzene rings is 1. The van der Waals surface area contributed by atoms with Crippen LogP contribution in [0, 0.1) is 13.8 Å². The second-order valence-electron chi connectivity index (χ2n) is 7.09. The van der Waals surface area contributed by atoms with Crippen molar-refractivity contribution in [2.45, 2.75) is 39.3 Å². The van der Waals surface area contributed by atoms with Gasteiger partial charge in [0, 0.05) is 50.1 Å². The normalized spacial score (nSPS) is 16.3. The van der Waals surface area contributed by atoms with Gasteiger partial charge in [-0.05, 0) is 38.3 Å². The molecule has 0 saturated carbocycles. The lowest BCUT2D eigenvalue weighted by Gasteiger charge is -2.32. The summed E-state index contributed by atoms with van der Waals surface area (Å²) in [4.78, 5) is 14.7. The van der Waals surface area contributed by atoms with Crippen LogP contribution >= 0.6 is 0 Å². The van der Waals surface area contributed by atoms with Gasteiger partial charge in [0.05, 0.1) is 5.69 Å². The van der Waals surface area contributed by atoms with E-state index in [9.17, 15) is 4.79 Å². The fourth-order valence-corrected chi connectivity index (χ4v) is 3.52. The first-order valence-corrected chi connectivity index (χ1v) is 9.28. The van der Waals surface area contributed by atoms with Crippen molar-refractivity contribution in [1.29, 1.82) is 0 Å². The smallest absolute Gasteiger partial charge is 0.244 e. The lowest BCUT2D eigenvalue weighted by atomic mass is 10.0. The van der Waals surface area contributed by atoms with Crippen molar-refractivity contribution in [2.75, 3.05) is 13.1 Å². The van der Waals surface area contributed by atoms with Gasteiger partial charge in [0.15, 0.2) is 0 Å². The van der Waals surface area contributed by atoms with E-state index in [0.717, 1.165) is 49.4 Å². The van der Waals surface area contributed by atoms with E-state index in [-0.39, 0.29) is 11.9 Å². The van der Waals surface area contributed by atoms with Crippen molar-refractivity contribution >= 4 is 12.0 Å². The Hall–Kier alpha value is -2.40. The lowest BCUT2D eigenvalue weighted by Crippen LogP contribution is -2.43. The van der Waals surface area contributed by atoms with Crippen LogP contribution in [0.5, 0.6) is 0 Å². The Morgan fingerprint density at radius 2 is 1.92 bits per heavy atom. The molecule has 0 spiro atoms. The van der Waals surface area contributed by atoms with E-state index in [1.54, 1.807) is 6.08 Å². The highest BCUT2D eigenvalue weighted by atomic mass is 16.1. The van der Waals surface area contributed by atoms with Crippen molar-refractivity contribution in [3.63, 3.8) is 0 Å². The molecule has 1 aliphatic heterocycles. The molecule has 1 saturated heterocycles. The van der Waals surface area contributed by atoms with Crippen LogP contribution in [-0.2, 0) is 18.4 Å². The van der Waals surface area contributed by atoms with Gasteiger partial charge >= 0.3 is 0 Å². The predicted octanol–water partition coefficient (Wildman–Crippen LogP) is 2.83. The molecular formula is C21H28N4O. The maximum absolute atomic E-state index is 12.2. The van der Waals surface area contributed by atoms with E-state index in [4.69, 9.17) is 0 Å². The number of rotatable bonds is 5. The number of amides is 1. The zero-order valence-electron chi connectivity index (χ0n) is 15.9. The fraction of sp³-hybridized carbons (Fsp3) is 0.429. The van der Waals surface area contributed by atoms with Crippen molar-refractivity contribution < 1.29 is 4.79 Å². The molecule has 5 nitrogen and oxygen atoms in total. The number of carbonyl (C=O) groups excluding carboxylic acids is 1. The van der Waals surface area contributed by atoms with Gasteiger partial charge in [-0.2, -0.15) is 5.10 Å². The number of piperidine rings is 1. The van der Waals surface area contributed by atoms with E-state index >= 15 is 0 Å². The molecular weight excluding hydrogens is 324 g/mol. The van der Waals surface area contributed by atoms with Crippen LogP contribution in [0.4, 0.5) is 0 Å². The Labute approximate surface area is 155 Å². The Kier molecular flexibility index (Phi) is 5.89. The van der Waals surface area contributed by atoms with Crippen LogP contribution in [0.2, 0.25) is 0 Å². The average Bonchev–Trinajstić information content (AvgIpc) is 2.88. The summed E-state index contributed by atoms with van der Waals surface area (Å²) in [6.45, 7) is 7.00. The molecule has 26 heavy (non-hydrogen) atoms. The minimum absolute atomic E-state index is 0.0193. The molecule has 2 aromatic rings. The van der Waals surface area contributed by atoms with E-state index in [0.29, 0.717) is 0 Å². The molecule has 138 valence electrons. The molecule has 5 heteroatoms. The SMILES string of the molecule is Cc1nn(C)c(C)c1/C=C/C(=O)NC1CCN(Cc2ccccc2)CC1. The summed E-state index contributed by atoms with van der Waals surface area (Å²) in [6.07, 6.45) is 5.50. The first-order chi connectivity index (χ1) is 12.5. The Morgan fingerprint density at radius 1 is 1.23 bits per heavy atom. The summed E-state index contributed by atoms with van der Waals surface area (Å²) in [7, 11) is 1.92. The van der Waals surface area contributed by atoms with Crippen molar-refractivity contribution in [3.05, 3.63) is 58.9 Å². The Balaban J connectivity index is 1.47. The number of aromatic nitrogens is 2. The summed E-state index contributed by atoms with van der Waals surface area (Å²) in [6, 6.07) is 10.8. The number of likely N-dealkylation sites (tertiary alicyclic amines) is 1. The number of carbonyl (C=O) groups is 1. The Bertz CT molecular complexity index is 771. The summed E-state index contributed by atoms with van der Waals surface area (Å²) in [5.41, 5.74) is 4.39. The topological polar surface area (TPSA) is 50.2 Å². The molecule has 1 N–H and O–H groups in total. The van der Waals surface area contributed by atoms with Gasteiger partial charge < -0.3 is 5.32 Å². The van der Waals surface area contributed by atoms with Crippen molar-refractivity contribution in [2.24, 2.45) is 7.05 Å². The fourth-order valence-electron chi connectivity index (χ4n) is 3.52. The molecule has 1 aromatic heterocycles. The van der Waals surface area contributed by atoms with Gasteiger partial charge in [-0.25, -0.2) is 0 Å². The zero-order chi connectivity index (χ0) is 18.5. The minimum Gasteiger partial charge on any atom is -0.350 e. The summed E-state index contributed by atoms with van der Waals surface area (Å²) >= 11 is 0. The van der Waals surface area contributed by atoms with Crippen molar-refractivity contribution in [1.82, 2.24) is 20.0 Å². The molecule has 0 aliphatic carbocycles. The first kappa shape index (κ1) is 18.4. The van der Waals surface area contributed by atoms with E-state index < -0.39 is 0 Å². The van der Waals surface area contributed by atoms with Crippen LogP contribution in [0.25, 0.3) is 6.08 Å². The molecule has 0 radical (unpaired) electrons. The molecule has 0 unspecified atom stereocenters. The third-order valence-corrected chi connectivity index (χ3v) is 5.15. The van der Waals surface area contributed by atoms with Crippen LogP contribution in [-0.4, -0.2) is 39.7 Å². The van der Waals surface area contributed by atoms with Gasteiger partial charge in [-0.15, -0.1) is 0 Å². The van der Waals surface area contributed by atoms with Gasteiger partial charge in [0.25, 0.3) is 0 Å². The highest BCUT2D eigenvalue weighted by Gasteiger charge is 2.20. The maximum Gasteiger partial charge on any atom is 0.244 e. The third-order valence-electron chi connectivity index (χ3n) is 5.15. The van der Waals surface area contributed by atoms with Gasteiger partial charge in [-0.3, -0.25) is 14.4 Å². The van der Waals surface area contributed by atoms with Crippen LogP contribution in [0.1, 0.15) is 35.4 Å². The van der Waals surface area contributed by atoms with E-state index in [2.05, 4.69) is 39.6 Å². The van der Waals surface area contributed by atoms with E-state index in [1.807, 2.05) is 37.7 Å². The highest BCUT2D eigenvalue weighted by Crippen LogP contribution is 2.15. The standard InChI is InChI=1S/C21H28N4O/c1-16-20(17(2)24(3)23-16)9-10-21(26)22-19-11-13-25(14-12-19)15-18-7-5-4-6-8-18/h4-10,19H,11-15H2,1-3H3,(H,22,26)/b10-9+. The first-order valence-electron chi connectivity index (χ1n) is 9.28. The summed E-state index contributed by atoms with van der Waals surface area (Å²) < 4.78 is 1.84. The number of aryl methyl sites for hydroxylation is 2. The molecule has 1 aromatic carbocycles. The number of nitrogens with zero attached hydrogens (tertiary/aromatic N) is 3. The lowest BCUT2D eigenvalue weighted by molar-refractivity contribution is -0.117. The maximum atomic E-state index is 12.2. The van der Waals surface area contributed by atoms with Crippen LogP contribution < -0.4 is 5.32 Å². The van der Waals surface area contributed by atoms with Crippen molar-refractivity contribution in [3.8, 4) is 0 Å². The molecule has 1 amide bonds. The summed E-state index contributed by atoms with van der Waals surface area (Å²) in [5, 5.41) is 7.51. The minimum atomic E-state index is -0.0193. The number of hydrogen-bond donors (Lipinski definition) is 1. The van der Waals surface area contributed by atoms with Gasteiger partial charge in [0.2, 0.25) is 5.91 Å². The molecule has 0 bridgehead atoms. The van der Waals surface area contributed by atoms with Gasteiger partial charge in [-0.1, -0.05) is 30.3 Å². The zero-order valence-corrected chi connectivity index (χ0v) is 15.9. The van der Waals surface area contributed by atoms with Crippen LogP contribution in [0.3, 0.4) is 0 Å². The molecule has 2 heterocycles. The molecule has 3 rings (SSSR count). The number of nitrogens with one attached hydrogen (secondary N) is 1. The average molecular weight is 352 g/mol. The monoisotopic (exact) mass is 352 g/mol. The van der Waals surface area contributed by atoms with Crippen LogP contribution in [0.15, 0.2) is 36.4 Å². The Morgan fingerprint density at radius 3 is 2.54 bits per heavy atom. The second-order valence-corrected chi connectivity index (χ2v) is 7.09. The molecule has 1 aliphatic rings. The quantitative estimate of drug-likeness (QED) is 0.842. The third kappa shape index (κ3) is 4.61. The van der Waals surface area contributed by atoms with E-state index in [1.165, 1.54) is 5.56 Å². The second kappa shape index (κ2) is 8.32. The largest absolute Gasteiger partial charge is 0.350 e. The number of hydrogen-bond acceptors (Lipinski definition) is 3. The predicted molar refractivity (Wildman–Crippen MR) is 105 cm³/mol. The molecule has 1 fully saturated rings. The molecule has 0 atom stereocenters.